The molecule has 1 aromatic carbocycles. The van der Waals surface area contributed by atoms with Gasteiger partial charge < -0.3 is 14.8 Å². The summed E-state index contributed by atoms with van der Waals surface area (Å²) in [5.41, 5.74) is 4.72. The van der Waals surface area contributed by atoms with Crippen LogP contribution in [0.15, 0.2) is 30.6 Å². The SMILES string of the molecule is CCCNc1nc(N2CCc3ccccc3C2)nc2c1ncn2C1CCCCC1. The summed E-state index contributed by atoms with van der Waals surface area (Å²) in [4.78, 5) is 17.0. The van der Waals surface area contributed by atoms with E-state index < -0.39 is 0 Å². The van der Waals surface area contributed by atoms with E-state index in [0.717, 1.165) is 55.4 Å². The molecule has 1 saturated carbocycles. The number of benzene rings is 1. The summed E-state index contributed by atoms with van der Waals surface area (Å²) in [6.07, 6.45) is 10.5. The smallest absolute Gasteiger partial charge is 0.229 e. The number of fused-ring (bicyclic) bond motifs is 2. The molecule has 6 heteroatoms. The van der Waals surface area contributed by atoms with Gasteiger partial charge in [0.25, 0.3) is 0 Å². The van der Waals surface area contributed by atoms with Crippen molar-refractivity contribution in [2.75, 3.05) is 23.3 Å². The second-order valence-electron chi connectivity index (χ2n) is 8.36. The van der Waals surface area contributed by atoms with Crippen LogP contribution in [0.1, 0.15) is 62.6 Å². The Bertz CT molecular complexity index is 988. The van der Waals surface area contributed by atoms with Crippen LogP contribution in [0.5, 0.6) is 0 Å². The van der Waals surface area contributed by atoms with Gasteiger partial charge in [-0.2, -0.15) is 9.97 Å². The molecule has 152 valence electrons. The minimum absolute atomic E-state index is 0.512. The Morgan fingerprint density at radius 2 is 1.90 bits per heavy atom. The predicted molar refractivity (Wildman–Crippen MR) is 117 cm³/mol. The van der Waals surface area contributed by atoms with Crippen LogP contribution in [-0.2, 0) is 13.0 Å². The largest absolute Gasteiger partial charge is 0.368 e. The van der Waals surface area contributed by atoms with E-state index in [-0.39, 0.29) is 0 Å². The van der Waals surface area contributed by atoms with Crippen LogP contribution in [0, 0.1) is 0 Å². The van der Waals surface area contributed by atoms with Crippen molar-refractivity contribution in [1.29, 1.82) is 0 Å². The number of nitrogens with zero attached hydrogens (tertiary/aromatic N) is 5. The van der Waals surface area contributed by atoms with Gasteiger partial charge in [0.1, 0.15) is 0 Å². The van der Waals surface area contributed by atoms with Crippen molar-refractivity contribution in [3.8, 4) is 0 Å². The molecule has 5 rings (SSSR count). The van der Waals surface area contributed by atoms with E-state index in [1.807, 2.05) is 6.33 Å². The van der Waals surface area contributed by atoms with Crippen LogP contribution in [0.3, 0.4) is 0 Å². The van der Waals surface area contributed by atoms with E-state index >= 15 is 0 Å². The number of imidazole rings is 1. The topological polar surface area (TPSA) is 58.9 Å². The lowest BCUT2D eigenvalue weighted by atomic mass is 9.95. The van der Waals surface area contributed by atoms with Gasteiger partial charge in [-0.05, 0) is 36.8 Å². The lowest BCUT2D eigenvalue weighted by Gasteiger charge is -2.29. The van der Waals surface area contributed by atoms with Crippen molar-refractivity contribution in [2.24, 2.45) is 0 Å². The van der Waals surface area contributed by atoms with Crippen molar-refractivity contribution >= 4 is 22.9 Å². The van der Waals surface area contributed by atoms with E-state index in [0.29, 0.717) is 6.04 Å². The lowest BCUT2D eigenvalue weighted by Crippen LogP contribution is -2.32. The number of hydrogen-bond donors (Lipinski definition) is 1. The zero-order valence-corrected chi connectivity index (χ0v) is 17.3. The molecule has 0 radical (unpaired) electrons. The average molecular weight is 391 g/mol. The van der Waals surface area contributed by atoms with Gasteiger partial charge in [0.05, 0.1) is 6.33 Å². The van der Waals surface area contributed by atoms with Crippen LogP contribution >= 0.6 is 0 Å². The van der Waals surface area contributed by atoms with Gasteiger partial charge in [-0.3, -0.25) is 0 Å². The molecule has 1 aliphatic heterocycles. The number of anilines is 2. The highest BCUT2D eigenvalue weighted by Gasteiger charge is 2.24. The maximum absolute atomic E-state index is 5.05. The molecular weight excluding hydrogens is 360 g/mol. The van der Waals surface area contributed by atoms with E-state index in [9.17, 15) is 0 Å². The Labute approximate surface area is 172 Å². The molecule has 1 aliphatic carbocycles. The zero-order chi connectivity index (χ0) is 19.6. The van der Waals surface area contributed by atoms with E-state index in [4.69, 9.17) is 15.0 Å². The van der Waals surface area contributed by atoms with Gasteiger partial charge in [0.2, 0.25) is 5.95 Å². The third-order valence-electron chi connectivity index (χ3n) is 6.33. The Hall–Kier alpha value is -2.63. The molecule has 1 fully saturated rings. The minimum Gasteiger partial charge on any atom is -0.368 e. The molecule has 2 aliphatic rings. The van der Waals surface area contributed by atoms with Crippen molar-refractivity contribution in [1.82, 2.24) is 19.5 Å². The van der Waals surface area contributed by atoms with Crippen LogP contribution in [0.4, 0.5) is 11.8 Å². The predicted octanol–water partition coefficient (Wildman–Crippen LogP) is 4.72. The molecule has 0 atom stereocenters. The minimum atomic E-state index is 0.512. The fraction of sp³-hybridized carbons (Fsp3) is 0.522. The fourth-order valence-corrected chi connectivity index (χ4v) is 4.71. The molecule has 3 aromatic rings. The standard InChI is InChI=1S/C23H30N6/c1-2-13-24-21-20-22(29(16-25-20)19-10-4-3-5-11-19)27-23(26-21)28-14-12-17-8-6-7-9-18(17)15-28/h6-9,16,19H,2-5,10-15H2,1H3,(H,24,26,27). The quantitative estimate of drug-likeness (QED) is 0.683. The molecule has 0 amide bonds. The molecule has 0 spiro atoms. The van der Waals surface area contributed by atoms with E-state index in [2.05, 4.69) is 46.0 Å². The Morgan fingerprint density at radius 3 is 2.72 bits per heavy atom. The average Bonchev–Trinajstić information content (AvgIpc) is 3.22. The van der Waals surface area contributed by atoms with Gasteiger partial charge >= 0.3 is 0 Å². The molecule has 2 aromatic heterocycles. The van der Waals surface area contributed by atoms with Crippen LogP contribution in [0.2, 0.25) is 0 Å². The van der Waals surface area contributed by atoms with Gasteiger partial charge in [-0.15, -0.1) is 0 Å². The van der Waals surface area contributed by atoms with Gasteiger partial charge in [0, 0.05) is 25.7 Å². The summed E-state index contributed by atoms with van der Waals surface area (Å²) in [6, 6.07) is 9.23. The molecule has 0 unspecified atom stereocenters. The van der Waals surface area contributed by atoms with Crippen molar-refractivity contribution < 1.29 is 0 Å². The third kappa shape index (κ3) is 3.56. The third-order valence-corrected chi connectivity index (χ3v) is 6.33. The van der Waals surface area contributed by atoms with E-state index in [1.54, 1.807) is 0 Å². The molecule has 6 nitrogen and oxygen atoms in total. The highest BCUT2D eigenvalue weighted by molar-refractivity contribution is 5.84. The first-order valence-electron chi connectivity index (χ1n) is 11.1. The summed E-state index contributed by atoms with van der Waals surface area (Å²) < 4.78 is 2.31. The monoisotopic (exact) mass is 390 g/mol. The molecule has 29 heavy (non-hydrogen) atoms. The van der Waals surface area contributed by atoms with E-state index in [1.165, 1.54) is 43.2 Å². The fourth-order valence-electron chi connectivity index (χ4n) is 4.71. The second kappa shape index (κ2) is 8.01. The Kier molecular flexibility index (Phi) is 5.08. The van der Waals surface area contributed by atoms with Crippen molar-refractivity contribution in [3.05, 3.63) is 41.7 Å². The normalized spacial score (nSPS) is 17.5. The first-order valence-corrected chi connectivity index (χ1v) is 11.1. The zero-order valence-electron chi connectivity index (χ0n) is 17.3. The summed E-state index contributed by atoms with van der Waals surface area (Å²) >= 11 is 0. The maximum atomic E-state index is 5.05. The summed E-state index contributed by atoms with van der Waals surface area (Å²) in [5, 5.41) is 3.50. The van der Waals surface area contributed by atoms with Gasteiger partial charge in [0.15, 0.2) is 17.0 Å². The number of nitrogens with one attached hydrogen (secondary N) is 1. The summed E-state index contributed by atoms with van der Waals surface area (Å²) in [6.45, 7) is 4.89. The highest BCUT2D eigenvalue weighted by Crippen LogP contribution is 2.33. The molecular formula is C23H30N6. The summed E-state index contributed by atoms with van der Waals surface area (Å²) in [5.74, 6) is 1.70. The summed E-state index contributed by atoms with van der Waals surface area (Å²) in [7, 11) is 0. The Morgan fingerprint density at radius 1 is 1.07 bits per heavy atom. The lowest BCUT2D eigenvalue weighted by molar-refractivity contribution is 0.358. The van der Waals surface area contributed by atoms with Crippen LogP contribution in [-0.4, -0.2) is 32.6 Å². The van der Waals surface area contributed by atoms with Gasteiger partial charge in [-0.1, -0.05) is 50.5 Å². The van der Waals surface area contributed by atoms with Crippen molar-refractivity contribution in [3.63, 3.8) is 0 Å². The first kappa shape index (κ1) is 18.4. The van der Waals surface area contributed by atoms with Crippen molar-refractivity contribution in [2.45, 2.75) is 64.5 Å². The Balaban J connectivity index is 1.54. The van der Waals surface area contributed by atoms with Crippen LogP contribution < -0.4 is 10.2 Å². The highest BCUT2D eigenvalue weighted by atomic mass is 15.3. The van der Waals surface area contributed by atoms with Gasteiger partial charge in [-0.25, -0.2) is 4.98 Å². The molecule has 0 saturated heterocycles. The maximum Gasteiger partial charge on any atom is 0.229 e. The first-order chi connectivity index (χ1) is 14.3. The molecule has 0 bridgehead atoms. The van der Waals surface area contributed by atoms with Crippen LogP contribution in [0.25, 0.3) is 11.2 Å². The second-order valence-corrected chi connectivity index (χ2v) is 8.36. The number of aromatic nitrogens is 4. The molecule has 1 N–H and O–H groups in total. The number of hydrogen-bond acceptors (Lipinski definition) is 5. The number of rotatable bonds is 5. The molecule has 3 heterocycles.